The second-order valence-corrected chi connectivity index (χ2v) is 11.0. The van der Waals surface area contributed by atoms with Gasteiger partial charge in [-0.1, -0.05) is 42.7 Å². The molecule has 1 heterocycles. The van der Waals surface area contributed by atoms with E-state index >= 15 is 0 Å². The largest absolute Gasteiger partial charge is 0.480 e. The summed E-state index contributed by atoms with van der Waals surface area (Å²) in [5.74, 6) is -3.40. The summed E-state index contributed by atoms with van der Waals surface area (Å²) in [6, 6.07) is 3.87. The summed E-state index contributed by atoms with van der Waals surface area (Å²) in [6.45, 7) is 2.33. The zero-order valence-corrected chi connectivity index (χ0v) is 23.5. The Kier molecular flexibility index (Phi) is 11.9. The maximum absolute atomic E-state index is 13.2. The first-order chi connectivity index (χ1) is 19.6. The number of aliphatic carboxylic acids is 2. The molecule has 0 bridgehead atoms. The van der Waals surface area contributed by atoms with Crippen LogP contribution in [-0.2, 0) is 30.5 Å². The van der Waals surface area contributed by atoms with Gasteiger partial charge in [0.25, 0.3) is 0 Å². The third-order valence-corrected chi connectivity index (χ3v) is 7.97. The molecule has 1 aromatic carbocycles. The number of carbonyl (C=O) groups is 5. The SMILES string of the molecule is Cc1ccc(COC(=O)N[C@@H](CCCCN)C(=O)N[C@H](CCC(=O)N2[C@H](C(=O)O)C[C@@H]3CCCC[C@@H]32)C(=O)O)cc1. The van der Waals surface area contributed by atoms with Gasteiger partial charge in [0.05, 0.1) is 0 Å². The summed E-state index contributed by atoms with van der Waals surface area (Å²) in [6.07, 6.45) is 3.98. The molecule has 1 aromatic rings. The zero-order chi connectivity index (χ0) is 29.9. The van der Waals surface area contributed by atoms with Crippen LogP contribution in [0.3, 0.4) is 0 Å². The van der Waals surface area contributed by atoms with Gasteiger partial charge in [-0.05, 0) is 69.9 Å². The van der Waals surface area contributed by atoms with Crippen molar-refractivity contribution in [1.82, 2.24) is 15.5 Å². The van der Waals surface area contributed by atoms with E-state index in [9.17, 15) is 34.2 Å². The Bertz CT molecular complexity index is 1080. The van der Waals surface area contributed by atoms with Crippen LogP contribution in [-0.4, -0.2) is 75.7 Å². The molecule has 3 rings (SSSR count). The first kappa shape index (κ1) is 31.9. The number of amides is 3. The highest BCUT2D eigenvalue weighted by atomic mass is 16.5. The van der Waals surface area contributed by atoms with E-state index in [1.165, 1.54) is 4.90 Å². The lowest BCUT2D eigenvalue weighted by molar-refractivity contribution is -0.150. The monoisotopic (exact) mass is 574 g/mol. The van der Waals surface area contributed by atoms with Crippen molar-refractivity contribution >= 4 is 29.8 Å². The lowest BCUT2D eigenvalue weighted by Gasteiger charge is -2.33. The van der Waals surface area contributed by atoms with Crippen molar-refractivity contribution in [1.29, 1.82) is 0 Å². The van der Waals surface area contributed by atoms with E-state index < -0.39 is 48.0 Å². The van der Waals surface area contributed by atoms with E-state index in [2.05, 4.69) is 10.6 Å². The average molecular weight is 575 g/mol. The number of nitrogens with zero attached hydrogens (tertiary/aromatic N) is 1. The number of unbranched alkanes of at least 4 members (excludes halogenated alkanes) is 1. The molecule has 41 heavy (non-hydrogen) atoms. The number of fused-ring (bicyclic) bond motifs is 1. The maximum Gasteiger partial charge on any atom is 0.408 e. The van der Waals surface area contributed by atoms with Crippen molar-refractivity contribution < 1.29 is 38.9 Å². The standard InChI is InChI=1S/C29H42N4O8/c1-18-9-11-19(12-10-18)17-41-29(40)32-21(7-4-5-15-30)26(35)31-22(27(36)37)13-14-25(34)33-23-8-3-2-6-20(23)16-24(33)28(38)39/h9-12,20-24H,2-8,13-17,30H2,1H3,(H,31,35)(H,32,40)(H,36,37)(H,38,39)/t20-,21-,22+,23-,24-/m0/s1. The number of alkyl carbamates (subject to hydrolysis) is 1. The van der Waals surface area contributed by atoms with Gasteiger partial charge in [0.2, 0.25) is 11.8 Å². The molecule has 1 saturated carbocycles. The van der Waals surface area contributed by atoms with Crippen LogP contribution in [0.4, 0.5) is 4.79 Å². The van der Waals surface area contributed by atoms with Gasteiger partial charge in [0.15, 0.2) is 0 Å². The van der Waals surface area contributed by atoms with E-state index in [0.29, 0.717) is 25.8 Å². The molecule has 0 unspecified atom stereocenters. The van der Waals surface area contributed by atoms with Crippen molar-refractivity contribution in [3.8, 4) is 0 Å². The summed E-state index contributed by atoms with van der Waals surface area (Å²) in [5.41, 5.74) is 7.39. The molecule has 0 aromatic heterocycles. The van der Waals surface area contributed by atoms with E-state index in [0.717, 1.165) is 36.8 Å². The van der Waals surface area contributed by atoms with Gasteiger partial charge < -0.3 is 36.2 Å². The highest BCUT2D eigenvalue weighted by Gasteiger charge is 2.47. The first-order valence-electron chi connectivity index (χ1n) is 14.4. The molecular weight excluding hydrogens is 532 g/mol. The summed E-state index contributed by atoms with van der Waals surface area (Å²) < 4.78 is 5.25. The normalized spacial score (nSPS) is 21.3. The third-order valence-electron chi connectivity index (χ3n) is 7.97. The molecule has 2 fully saturated rings. The van der Waals surface area contributed by atoms with Gasteiger partial charge >= 0.3 is 18.0 Å². The Morgan fingerprint density at radius 1 is 1.00 bits per heavy atom. The van der Waals surface area contributed by atoms with Crippen LogP contribution >= 0.6 is 0 Å². The van der Waals surface area contributed by atoms with Crippen LogP contribution < -0.4 is 16.4 Å². The average Bonchev–Trinajstić information content (AvgIpc) is 3.34. The fourth-order valence-corrected chi connectivity index (χ4v) is 5.74. The predicted molar refractivity (Wildman–Crippen MR) is 149 cm³/mol. The smallest absolute Gasteiger partial charge is 0.408 e. The van der Waals surface area contributed by atoms with Crippen LogP contribution in [0.2, 0.25) is 0 Å². The topological polar surface area (TPSA) is 188 Å². The van der Waals surface area contributed by atoms with Gasteiger partial charge in [-0.2, -0.15) is 0 Å². The number of carbonyl (C=O) groups excluding carboxylic acids is 3. The number of ether oxygens (including phenoxy) is 1. The number of aryl methyl sites for hydroxylation is 1. The van der Waals surface area contributed by atoms with Crippen molar-refractivity contribution in [2.45, 2.75) is 102 Å². The van der Waals surface area contributed by atoms with Crippen molar-refractivity contribution in [3.63, 3.8) is 0 Å². The fourth-order valence-electron chi connectivity index (χ4n) is 5.74. The minimum Gasteiger partial charge on any atom is -0.480 e. The van der Waals surface area contributed by atoms with Crippen LogP contribution in [0.15, 0.2) is 24.3 Å². The zero-order valence-electron chi connectivity index (χ0n) is 23.5. The highest BCUT2D eigenvalue weighted by Crippen LogP contribution is 2.40. The summed E-state index contributed by atoms with van der Waals surface area (Å²) in [7, 11) is 0. The van der Waals surface area contributed by atoms with E-state index in [-0.39, 0.29) is 37.8 Å². The quantitative estimate of drug-likeness (QED) is 0.208. The molecular formula is C29H42N4O8. The molecule has 226 valence electrons. The summed E-state index contributed by atoms with van der Waals surface area (Å²) in [5, 5.41) is 24.4. The van der Waals surface area contributed by atoms with Crippen molar-refractivity contribution in [2.24, 2.45) is 11.7 Å². The molecule has 1 saturated heterocycles. The third kappa shape index (κ3) is 9.17. The van der Waals surface area contributed by atoms with Crippen LogP contribution in [0.25, 0.3) is 0 Å². The molecule has 1 aliphatic heterocycles. The van der Waals surface area contributed by atoms with Gasteiger partial charge in [0.1, 0.15) is 24.7 Å². The number of carboxylic acids is 2. The maximum atomic E-state index is 13.2. The van der Waals surface area contributed by atoms with Gasteiger partial charge in [-0.15, -0.1) is 0 Å². The Balaban J connectivity index is 1.59. The van der Waals surface area contributed by atoms with E-state index in [4.69, 9.17) is 10.5 Å². The number of hydrogen-bond donors (Lipinski definition) is 5. The summed E-state index contributed by atoms with van der Waals surface area (Å²) in [4.78, 5) is 64.0. The molecule has 12 nitrogen and oxygen atoms in total. The minimum atomic E-state index is -1.40. The van der Waals surface area contributed by atoms with Crippen LogP contribution in [0.5, 0.6) is 0 Å². The van der Waals surface area contributed by atoms with Gasteiger partial charge in [0, 0.05) is 12.5 Å². The number of hydrogen-bond acceptors (Lipinski definition) is 7. The second kappa shape index (κ2) is 15.4. The second-order valence-electron chi connectivity index (χ2n) is 11.0. The minimum absolute atomic E-state index is 0.00119. The molecule has 3 amide bonds. The first-order valence-corrected chi connectivity index (χ1v) is 14.4. The number of carboxylic acid groups (broad SMARTS) is 2. The predicted octanol–water partition coefficient (Wildman–Crippen LogP) is 2.31. The van der Waals surface area contributed by atoms with E-state index in [1.807, 2.05) is 31.2 Å². The van der Waals surface area contributed by atoms with Crippen molar-refractivity contribution in [3.05, 3.63) is 35.4 Å². The Hall–Kier alpha value is -3.67. The molecule has 1 aliphatic carbocycles. The van der Waals surface area contributed by atoms with Crippen molar-refractivity contribution in [2.75, 3.05) is 6.54 Å². The molecule has 2 aliphatic rings. The van der Waals surface area contributed by atoms with Gasteiger partial charge in [-0.25, -0.2) is 14.4 Å². The Morgan fingerprint density at radius 3 is 2.37 bits per heavy atom. The van der Waals surface area contributed by atoms with Crippen LogP contribution in [0.1, 0.15) is 75.3 Å². The Morgan fingerprint density at radius 2 is 1.71 bits per heavy atom. The number of benzene rings is 1. The molecule has 0 spiro atoms. The highest BCUT2D eigenvalue weighted by molar-refractivity contribution is 5.90. The number of nitrogens with one attached hydrogen (secondary N) is 2. The van der Waals surface area contributed by atoms with Crippen LogP contribution in [0, 0.1) is 12.8 Å². The molecule has 12 heteroatoms. The number of likely N-dealkylation sites (tertiary alicyclic amines) is 1. The lowest BCUT2D eigenvalue weighted by atomic mass is 9.84. The van der Waals surface area contributed by atoms with Gasteiger partial charge in [-0.3, -0.25) is 9.59 Å². The fraction of sp³-hybridized carbons (Fsp3) is 0.621. The molecule has 6 N–H and O–H groups in total. The number of nitrogens with two attached hydrogens (primary N) is 1. The van der Waals surface area contributed by atoms with E-state index in [1.54, 1.807) is 0 Å². The molecule has 0 radical (unpaired) electrons. The lowest BCUT2D eigenvalue weighted by Crippen LogP contribution is -2.52. The molecule has 5 atom stereocenters. The number of rotatable bonds is 14. The summed E-state index contributed by atoms with van der Waals surface area (Å²) >= 11 is 0. The Labute approximate surface area is 240 Å².